The molecule has 0 amide bonds. The quantitative estimate of drug-likeness (QED) is 0.522. The second kappa shape index (κ2) is 3.43. The standard InChI is InChI=1S/C11H21B/c12-9-10-3-7-11(8-4-10)5-1-2-6-11/h10H,1-9,12H2. The fourth-order valence-corrected chi connectivity index (χ4v) is 3.32. The van der Waals surface area contributed by atoms with Crippen molar-refractivity contribution in [2.45, 2.75) is 57.7 Å². The van der Waals surface area contributed by atoms with Gasteiger partial charge in [0.2, 0.25) is 0 Å². The summed E-state index contributed by atoms with van der Waals surface area (Å²) in [7, 11) is 2.36. The summed E-state index contributed by atoms with van der Waals surface area (Å²) in [6.45, 7) is 0. The van der Waals surface area contributed by atoms with Gasteiger partial charge in [-0.1, -0.05) is 32.0 Å². The molecule has 0 bridgehead atoms. The number of hydrogen-bond donors (Lipinski definition) is 0. The third kappa shape index (κ3) is 1.55. The molecule has 0 radical (unpaired) electrons. The molecule has 0 saturated heterocycles. The Labute approximate surface area is 77.5 Å². The van der Waals surface area contributed by atoms with Crippen molar-refractivity contribution in [2.24, 2.45) is 11.3 Å². The van der Waals surface area contributed by atoms with E-state index >= 15 is 0 Å². The highest BCUT2D eigenvalue weighted by atomic mass is 14.4. The second-order valence-corrected chi connectivity index (χ2v) is 5.06. The lowest BCUT2D eigenvalue weighted by atomic mass is 9.67. The van der Waals surface area contributed by atoms with E-state index in [0.717, 1.165) is 11.3 Å². The van der Waals surface area contributed by atoms with Crippen LogP contribution in [0.5, 0.6) is 0 Å². The Morgan fingerprint density at radius 2 is 1.58 bits per heavy atom. The molecule has 1 heteroatoms. The van der Waals surface area contributed by atoms with Gasteiger partial charge < -0.3 is 0 Å². The van der Waals surface area contributed by atoms with Crippen LogP contribution in [0.2, 0.25) is 6.32 Å². The Morgan fingerprint density at radius 1 is 1.00 bits per heavy atom. The van der Waals surface area contributed by atoms with Crippen LogP contribution in [0.3, 0.4) is 0 Å². The van der Waals surface area contributed by atoms with E-state index in [0.29, 0.717) is 0 Å². The molecule has 0 aliphatic heterocycles. The molecule has 2 aliphatic carbocycles. The van der Waals surface area contributed by atoms with Crippen LogP contribution in [0.15, 0.2) is 0 Å². The van der Waals surface area contributed by atoms with Crippen LogP contribution in [-0.2, 0) is 0 Å². The van der Waals surface area contributed by atoms with Gasteiger partial charge in [0.25, 0.3) is 0 Å². The fourth-order valence-electron chi connectivity index (χ4n) is 3.32. The highest BCUT2D eigenvalue weighted by Crippen LogP contribution is 2.50. The fraction of sp³-hybridized carbons (Fsp3) is 1.00. The lowest BCUT2D eigenvalue weighted by Crippen LogP contribution is -2.24. The van der Waals surface area contributed by atoms with Gasteiger partial charge >= 0.3 is 0 Å². The molecule has 0 atom stereocenters. The van der Waals surface area contributed by atoms with E-state index in [-0.39, 0.29) is 0 Å². The van der Waals surface area contributed by atoms with Gasteiger partial charge in [0, 0.05) is 0 Å². The Balaban J connectivity index is 1.88. The maximum Gasteiger partial charge on any atom is 0.101 e. The molecule has 0 unspecified atom stereocenters. The van der Waals surface area contributed by atoms with E-state index < -0.39 is 0 Å². The van der Waals surface area contributed by atoms with Crippen LogP contribution in [0.1, 0.15) is 51.4 Å². The highest BCUT2D eigenvalue weighted by molar-refractivity contribution is 6.08. The third-order valence-electron chi connectivity index (χ3n) is 4.41. The summed E-state index contributed by atoms with van der Waals surface area (Å²) < 4.78 is 0. The van der Waals surface area contributed by atoms with Gasteiger partial charge in [0.05, 0.1) is 0 Å². The minimum atomic E-state index is 0.853. The molecule has 1 spiro atoms. The van der Waals surface area contributed by atoms with Gasteiger partial charge in [0.1, 0.15) is 7.85 Å². The van der Waals surface area contributed by atoms with Gasteiger partial charge in [-0.3, -0.25) is 0 Å². The SMILES string of the molecule is BCC1CCC2(CCCC2)CC1. The van der Waals surface area contributed by atoms with Crippen LogP contribution in [0.25, 0.3) is 0 Å². The van der Waals surface area contributed by atoms with Gasteiger partial charge in [-0.2, -0.15) is 0 Å². The lowest BCUT2D eigenvalue weighted by Gasteiger charge is -2.37. The average molecular weight is 164 g/mol. The summed E-state index contributed by atoms with van der Waals surface area (Å²) in [4.78, 5) is 0. The van der Waals surface area contributed by atoms with Crippen molar-refractivity contribution in [3.63, 3.8) is 0 Å². The molecule has 0 nitrogen and oxygen atoms in total. The number of hydrogen-bond acceptors (Lipinski definition) is 0. The molecule has 68 valence electrons. The molecule has 0 aromatic rings. The maximum absolute atomic E-state index is 2.36. The number of rotatable bonds is 1. The van der Waals surface area contributed by atoms with Gasteiger partial charge in [-0.15, -0.1) is 0 Å². The second-order valence-electron chi connectivity index (χ2n) is 5.06. The Hall–Kier alpha value is 0.0649. The van der Waals surface area contributed by atoms with Crippen molar-refractivity contribution in [3.8, 4) is 0 Å². The summed E-state index contributed by atoms with van der Waals surface area (Å²) in [5, 5.41) is 0. The summed E-state index contributed by atoms with van der Waals surface area (Å²) in [6, 6.07) is 0. The average Bonchev–Trinajstić information content (AvgIpc) is 2.55. The molecule has 0 N–H and O–H groups in total. The first-order chi connectivity index (χ1) is 5.85. The van der Waals surface area contributed by atoms with Crippen molar-refractivity contribution in [1.82, 2.24) is 0 Å². The Kier molecular flexibility index (Phi) is 2.48. The van der Waals surface area contributed by atoms with E-state index in [9.17, 15) is 0 Å². The third-order valence-corrected chi connectivity index (χ3v) is 4.41. The molecule has 2 fully saturated rings. The van der Waals surface area contributed by atoms with Gasteiger partial charge in [-0.05, 0) is 37.0 Å². The van der Waals surface area contributed by atoms with Crippen molar-refractivity contribution >= 4 is 7.85 Å². The van der Waals surface area contributed by atoms with Crippen LogP contribution < -0.4 is 0 Å². The van der Waals surface area contributed by atoms with E-state index in [1.54, 1.807) is 25.7 Å². The summed E-state index contributed by atoms with van der Waals surface area (Å²) >= 11 is 0. The monoisotopic (exact) mass is 164 g/mol. The van der Waals surface area contributed by atoms with E-state index in [4.69, 9.17) is 0 Å². The van der Waals surface area contributed by atoms with Crippen molar-refractivity contribution in [3.05, 3.63) is 0 Å². The molecule has 2 rings (SSSR count). The van der Waals surface area contributed by atoms with Crippen molar-refractivity contribution in [1.29, 1.82) is 0 Å². The van der Waals surface area contributed by atoms with Crippen molar-refractivity contribution in [2.75, 3.05) is 0 Å². The zero-order valence-electron chi connectivity index (χ0n) is 8.44. The molecule has 0 heterocycles. The first-order valence-electron chi connectivity index (χ1n) is 5.85. The van der Waals surface area contributed by atoms with E-state index in [1.165, 1.54) is 32.0 Å². The zero-order chi connectivity index (χ0) is 8.44. The Bertz CT molecular complexity index is 137. The predicted molar refractivity (Wildman–Crippen MR) is 56.2 cm³/mol. The summed E-state index contributed by atoms with van der Waals surface area (Å²) in [5.41, 5.74) is 0.853. The van der Waals surface area contributed by atoms with Crippen LogP contribution in [0, 0.1) is 11.3 Å². The first-order valence-corrected chi connectivity index (χ1v) is 5.85. The topological polar surface area (TPSA) is 0 Å². The maximum atomic E-state index is 2.36. The summed E-state index contributed by atoms with van der Waals surface area (Å²) in [6.07, 6.45) is 13.8. The normalized spacial score (nSPS) is 29.7. The van der Waals surface area contributed by atoms with E-state index in [1.807, 2.05) is 0 Å². The van der Waals surface area contributed by atoms with Crippen LogP contribution in [0.4, 0.5) is 0 Å². The van der Waals surface area contributed by atoms with Crippen LogP contribution >= 0.6 is 0 Å². The highest BCUT2D eigenvalue weighted by Gasteiger charge is 2.36. The molecule has 0 aromatic heterocycles. The smallest absolute Gasteiger partial charge is 0.0783 e. The van der Waals surface area contributed by atoms with Crippen LogP contribution in [-0.4, -0.2) is 7.85 Å². The zero-order valence-corrected chi connectivity index (χ0v) is 8.44. The predicted octanol–water partition coefficient (Wildman–Crippen LogP) is 2.79. The minimum Gasteiger partial charge on any atom is -0.0783 e. The van der Waals surface area contributed by atoms with Crippen molar-refractivity contribution < 1.29 is 0 Å². The van der Waals surface area contributed by atoms with E-state index in [2.05, 4.69) is 7.85 Å². The summed E-state index contributed by atoms with van der Waals surface area (Å²) in [5.74, 6) is 1.08. The Morgan fingerprint density at radius 3 is 2.08 bits per heavy atom. The molecular formula is C11H21B. The minimum absolute atomic E-state index is 0.853. The van der Waals surface area contributed by atoms with Gasteiger partial charge in [-0.25, -0.2) is 0 Å². The molecular weight excluding hydrogens is 143 g/mol. The largest absolute Gasteiger partial charge is 0.101 e. The molecule has 12 heavy (non-hydrogen) atoms. The molecule has 2 aliphatic rings. The van der Waals surface area contributed by atoms with Gasteiger partial charge in [0.15, 0.2) is 0 Å². The molecule has 2 saturated carbocycles. The first kappa shape index (κ1) is 8.65. The lowest BCUT2D eigenvalue weighted by molar-refractivity contribution is 0.163. The molecule has 0 aromatic carbocycles.